The molecule has 0 amide bonds. The van der Waals surface area contributed by atoms with E-state index >= 15 is 0 Å². The van der Waals surface area contributed by atoms with Gasteiger partial charge in [0.2, 0.25) is 0 Å². The highest BCUT2D eigenvalue weighted by Crippen LogP contribution is 2.38. The van der Waals surface area contributed by atoms with Gasteiger partial charge < -0.3 is 0 Å². The topological polar surface area (TPSA) is 34.9 Å². The van der Waals surface area contributed by atoms with Crippen molar-refractivity contribution in [2.24, 2.45) is 18.4 Å². The van der Waals surface area contributed by atoms with Crippen LogP contribution in [0.3, 0.4) is 0 Å². The van der Waals surface area contributed by atoms with E-state index in [4.69, 9.17) is 11.6 Å². The Morgan fingerprint density at radius 1 is 1.40 bits per heavy atom. The molecule has 1 fully saturated rings. The summed E-state index contributed by atoms with van der Waals surface area (Å²) < 4.78 is 1.77. The lowest BCUT2D eigenvalue weighted by Gasteiger charge is -2.33. The van der Waals surface area contributed by atoms with Crippen molar-refractivity contribution in [2.45, 2.75) is 59.3 Å². The summed E-state index contributed by atoms with van der Waals surface area (Å²) in [7, 11) is 1.87. The second-order valence-electron chi connectivity index (χ2n) is 6.77. The Hall–Kier alpha value is -0.830. The Morgan fingerprint density at radius 2 is 2.00 bits per heavy atom. The summed E-state index contributed by atoms with van der Waals surface area (Å²) in [6.45, 7) is 6.61. The highest BCUT2D eigenvalue weighted by molar-refractivity contribution is 6.32. The summed E-state index contributed by atoms with van der Waals surface area (Å²) in [6.07, 6.45) is 5.54. The lowest BCUT2D eigenvalue weighted by atomic mass is 9.71. The van der Waals surface area contributed by atoms with Gasteiger partial charge in [-0.3, -0.25) is 9.48 Å². The van der Waals surface area contributed by atoms with Gasteiger partial charge in [-0.05, 0) is 37.5 Å². The summed E-state index contributed by atoms with van der Waals surface area (Å²) in [5, 5.41) is 5.06. The van der Waals surface area contributed by atoms with Crippen molar-refractivity contribution in [3.8, 4) is 0 Å². The van der Waals surface area contributed by atoms with Crippen LogP contribution in [0.4, 0.5) is 0 Å². The van der Waals surface area contributed by atoms with E-state index in [1.54, 1.807) is 4.68 Å². The van der Waals surface area contributed by atoms with Gasteiger partial charge in [-0.25, -0.2) is 0 Å². The van der Waals surface area contributed by atoms with Crippen LogP contribution in [0.2, 0.25) is 5.02 Å². The molecule has 1 aliphatic carbocycles. The highest BCUT2D eigenvalue weighted by atomic mass is 35.5. The van der Waals surface area contributed by atoms with Gasteiger partial charge in [0.25, 0.3) is 0 Å². The van der Waals surface area contributed by atoms with Gasteiger partial charge in [0.15, 0.2) is 0 Å². The Kier molecular flexibility index (Phi) is 4.58. The molecule has 2 rings (SSSR count). The van der Waals surface area contributed by atoms with Gasteiger partial charge in [0, 0.05) is 13.0 Å². The molecule has 0 radical (unpaired) electrons. The Morgan fingerprint density at radius 3 is 2.50 bits per heavy atom. The molecule has 20 heavy (non-hydrogen) atoms. The maximum Gasteiger partial charge on any atom is 0.141 e. The van der Waals surface area contributed by atoms with E-state index in [0.717, 1.165) is 43.5 Å². The van der Waals surface area contributed by atoms with Gasteiger partial charge in [-0.1, -0.05) is 32.4 Å². The molecular formula is C16H25ClN2O. The van der Waals surface area contributed by atoms with Crippen molar-refractivity contribution in [1.29, 1.82) is 0 Å². The van der Waals surface area contributed by atoms with Crippen molar-refractivity contribution >= 4 is 17.4 Å². The van der Waals surface area contributed by atoms with Crippen molar-refractivity contribution in [3.63, 3.8) is 0 Å². The van der Waals surface area contributed by atoms with Crippen LogP contribution in [0.15, 0.2) is 0 Å². The van der Waals surface area contributed by atoms with Gasteiger partial charge in [0.1, 0.15) is 5.78 Å². The lowest BCUT2D eigenvalue weighted by molar-refractivity contribution is -0.123. The minimum absolute atomic E-state index is 0.207. The summed E-state index contributed by atoms with van der Waals surface area (Å²) in [4.78, 5) is 12.5. The minimum atomic E-state index is 0.207. The molecule has 0 aliphatic heterocycles. The Labute approximate surface area is 126 Å². The number of carbonyl (C=O) groups excluding carboxylic acids is 1. The maximum absolute atomic E-state index is 12.5. The zero-order chi connectivity index (χ0) is 14.9. The summed E-state index contributed by atoms with van der Waals surface area (Å²) in [5.74, 6) is 0.534. The molecule has 0 bridgehead atoms. The van der Waals surface area contributed by atoms with Crippen molar-refractivity contribution in [1.82, 2.24) is 9.78 Å². The highest BCUT2D eigenvalue weighted by Gasteiger charge is 2.31. The number of Topliss-reactive ketones (excluding diaryl/α,β-unsaturated/α-hetero) is 1. The molecule has 0 N–H and O–H groups in total. The first kappa shape index (κ1) is 15.6. The summed E-state index contributed by atoms with van der Waals surface area (Å²) in [5.41, 5.74) is 2.16. The molecule has 0 unspecified atom stereocenters. The van der Waals surface area contributed by atoms with Crippen LogP contribution in [-0.2, 0) is 24.7 Å². The molecule has 1 aromatic heterocycles. The van der Waals surface area contributed by atoms with E-state index in [2.05, 4.69) is 18.9 Å². The van der Waals surface area contributed by atoms with Crippen LogP contribution < -0.4 is 0 Å². The third kappa shape index (κ3) is 3.25. The Balaban J connectivity index is 2.04. The number of carbonyl (C=O) groups is 1. The zero-order valence-electron chi connectivity index (χ0n) is 13.0. The average molecular weight is 297 g/mol. The van der Waals surface area contributed by atoms with E-state index in [0.29, 0.717) is 22.6 Å². The molecule has 1 saturated carbocycles. The van der Waals surface area contributed by atoms with Crippen molar-refractivity contribution < 1.29 is 4.79 Å². The third-order valence-electron chi connectivity index (χ3n) is 4.64. The van der Waals surface area contributed by atoms with Crippen molar-refractivity contribution in [2.75, 3.05) is 0 Å². The quantitative estimate of drug-likeness (QED) is 0.843. The molecule has 1 aliphatic rings. The summed E-state index contributed by atoms with van der Waals surface area (Å²) in [6, 6.07) is 0. The van der Waals surface area contributed by atoms with Crippen LogP contribution >= 0.6 is 11.6 Å². The van der Waals surface area contributed by atoms with Gasteiger partial charge in [0.05, 0.1) is 22.8 Å². The fourth-order valence-corrected chi connectivity index (χ4v) is 3.40. The predicted octanol–water partition coefficient (Wildman–Crippen LogP) is 3.96. The standard InChI is InChI=1S/C16H25ClN2O/c1-5-12-15(17)13(19(4)18-12)10-14(20)11-6-8-16(2,3)9-7-11/h11H,5-10H2,1-4H3. The normalized spacial score (nSPS) is 19.2. The number of hydrogen-bond donors (Lipinski definition) is 0. The van der Waals surface area contributed by atoms with Crippen LogP contribution in [0.5, 0.6) is 0 Å². The van der Waals surface area contributed by atoms with Crippen LogP contribution in [0.1, 0.15) is 57.8 Å². The summed E-state index contributed by atoms with van der Waals surface area (Å²) >= 11 is 6.32. The molecule has 3 nitrogen and oxygen atoms in total. The first-order valence-electron chi connectivity index (χ1n) is 7.57. The number of aryl methyl sites for hydroxylation is 2. The third-order valence-corrected chi connectivity index (χ3v) is 5.08. The molecule has 0 spiro atoms. The van der Waals surface area contributed by atoms with Crippen LogP contribution in [0.25, 0.3) is 0 Å². The van der Waals surface area contributed by atoms with Gasteiger partial charge in [-0.15, -0.1) is 0 Å². The second-order valence-corrected chi connectivity index (χ2v) is 7.14. The average Bonchev–Trinajstić information content (AvgIpc) is 2.66. The first-order valence-corrected chi connectivity index (χ1v) is 7.95. The predicted molar refractivity (Wildman–Crippen MR) is 82.0 cm³/mol. The molecule has 0 saturated heterocycles. The molecule has 4 heteroatoms. The van der Waals surface area contributed by atoms with E-state index in [-0.39, 0.29) is 5.92 Å². The smallest absolute Gasteiger partial charge is 0.141 e. The molecule has 1 heterocycles. The monoisotopic (exact) mass is 296 g/mol. The number of rotatable bonds is 4. The Bertz CT molecular complexity index is 495. The fraction of sp³-hybridized carbons (Fsp3) is 0.750. The van der Waals surface area contributed by atoms with Crippen molar-refractivity contribution in [3.05, 3.63) is 16.4 Å². The first-order chi connectivity index (χ1) is 9.34. The fourth-order valence-electron chi connectivity index (χ4n) is 3.04. The maximum atomic E-state index is 12.5. The molecule has 0 aromatic carbocycles. The molecule has 112 valence electrons. The van der Waals surface area contributed by atoms with Gasteiger partial charge >= 0.3 is 0 Å². The number of ketones is 1. The molecule has 1 aromatic rings. The van der Waals surface area contributed by atoms with Crippen LogP contribution in [0, 0.1) is 11.3 Å². The number of hydrogen-bond acceptors (Lipinski definition) is 2. The lowest BCUT2D eigenvalue weighted by Crippen LogP contribution is -2.27. The van der Waals surface area contributed by atoms with Crippen LogP contribution in [-0.4, -0.2) is 15.6 Å². The number of halogens is 1. The van der Waals surface area contributed by atoms with E-state index in [1.165, 1.54) is 0 Å². The number of nitrogens with zero attached hydrogens (tertiary/aromatic N) is 2. The van der Waals surface area contributed by atoms with E-state index in [9.17, 15) is 4.79 Å². The largest absolute Gasteiger partial charge is 0.299 e. The molecular weight excluding hydrogens is 272 g/mol. The van der Waals surface area contributed by atoms with E-state index < -0.39 is 0 Å². The molecule has 0 atom stereocenters. The number of aromatic nitrogens is 2. The van der Waals surface area contributed by atoms with E-state index in [1.807, 2.05) is 14.0 Å². The SMILES string of the molecule is CCc1nn(C)c(CC(=O)C2CCC(C)(C)CC2)c1Cl. The minimum Gasteiger partial charge on any atom is -0.299 e. The zero-order valence-corrected chi connectivity index (χ0v) is 13.8. The van der Waals surface area contributed by atoms with Gasteiger partial charge in [-0.2, -0.15) is 5.10 Å². The second kappa shape index (κ2) is 5.88.